The van der Waals surface area contributed by atoms with E-state index in [-0.39, 0.29) is 11.9 Å². The van der Waals surface area contributed by atoms with Gasteiger partial charge in [-0.2, -0.15) is 0 Å². The first kappa shape index (κ1) is 20.9. The SMILES string of the molecule is CCCCCCOC(=O)CCCCCC(=O)OCC(C)CC. The molecular weight excluding hydrogens is 280 g/mol. The third-order valence-electron chi connectivity index (χ3n) is 3.75. The van der Waals surface area contributed by atoms with Crippen LogP contribution in [0.2, 0.25) is 0 Å². The van der Waals surface area contributed by atoms with Crippen molar-refractivity contribution in [1.29, 1.82) is 0 Å². The van der Waals surface area contributed by atoms with E-state index < -0.39 is 0 Å². The molecule has 0 fully saturated rings. The first-order valence-electron chi connectivity index (χ1n) is 8.91. The summed E-state index contributed by atoms with van der Waals surface area (Å²) in [5, 5.41) is 0. The summed E-state index contributed by atoms with van der Waals surface area (Å²) in [5.41, 5.74) is 0. The van der Waals surface area contributed by atoms with Gasteiger partial charge in [-0.15, -0.1) is 0 Å². The Morgan fingerprint density at radius 2 is 1.41 bits per heavy atom. The molecule has 0 aliphatic carbocycles. The predicted molar refractivity (Wildman–Crippen MR) is 88.6 cm³/mol. The van der Waals surface area contributed by atoms with Gasteiger partial charge in [-0.05, 0) is 25.2 Å². The van der Waals surface area contributed by atoms with Gasteiger partial charge in [-0.1, -0.05) is 52.9 Å². The number of esters is 2. The molecule has 130 valence electrons. The first-order valence-corrected chi connectivity index (χ1v) is 8.91. The third kappa shape index (κ3) is 13.9. The molecule has 0 aliphatic rings. The Morgan fingerprint density at radius 3 is 2.00 bits per heavy atom. The molecular formula is C18H34O4. The second-order valence-corrected chi connectivity index (χ2v) is 6.04. The molecule has 4 heteroatoms. The number of hydrogen-bond donors (Lipinski definition) is 0. The number of hydrogen-bond acceptors (Lipinski definition) is 4. The average molecular weight is 314 g/mol. The van der Waals surface area contributed by atoms with Gasteiger partial charge in [0.1, 0.15) is 0 Å². The lowest BCUT2D eigenvalue weighted by atomic mass is 10.1. The van der Waals surface area contributed by atoms with Gasteiger partial charge in [0.05, 0.1) is 13.2 Å². The van der Waals surface area contributed by atoms with Gasteiger partial charge in [-0.25, -0.2) is 0 Å². The quantitative estimate of drug-likeness (QED) is 0.346. The van der Waals surface area contributed by atoms with Crippen LogP contribution in [-0.2, 0) is 19.1 Å². The van der Waals surface area contributed by atoms with Gasteiger partial charge in [0, 0.05) is 12.8 Å². The summed E-state index contributed by atoms with van der Waals surface area (Å²) in [5.74, 6) is 0.186. The van der Waals surface area contributed by atoms with E-state index in [0.29, 0.717) is 32.0 Å². The van der Waals surface area contributed by atoms with Gasteiger partial charge >= 0.3 is 11.9 Å². The molecule has 1 unspecified atom stereocenters. The van der Waals surface area contributed by atoms with Crippen LogP contribution in [-0.4, -0.2) is 25.2 Å². The van der Waals surface area contributed by atoms with Crippen LogP contribution in [0.3, 0.4) is 0 Å². The summed E-state index contributed by atoms with van der Waals surface area (Å²) in [7, 11) is 0. The summed E-state index contributed by atoms with van der Waals surface area (Å²) in [6, 6.07) is 0. The summed E-state index contributed by atoms with van der Waals surface area (Å²) in [4.78, 5) is 22.9. The summed E-state index contributed by atoms with van der Waals surface area (Å²) in [6.45, 7) is 7.37. The summed E-state index contributed by atoms with van der Waals surface area (Å²) in [6.07, 6.45) is 8.83. The Kier molecular flexibility index (Phi) is 14.1. The topological polar surface area (TPSA) is 52.6 Å². The van der Waals surface area contributed by atoms with E-state index in [9.17, 15) is 9.59 Å². The molecule has 0 saturated heterocycles. The molecule has 0 aromatic carbocycles. The number of carbonyl (C=O) groups excluding carboxylic acids is 2. The highest BCUT2D eigenvalue weighted by molar-refractivity contribution is 5.69. The maximum absolute atomic E-state index is 11.5. The average Bonchev–Trinajstić information content (AvgIpc) is 2.52. The molecule has 0 amide bonds. The van der Waals surface area contributed by atoms with Crippen LogP contribution in [0.25, 0.3) is 0 Å². The van der Waals surface area contributed by atoms with Crippen molar-refractivity contribution >= 4 is 11.9 Å². The molecule has 0 radical (unpaired) electrons. The van der Waals surface area contributed by atoms with Gasteiger partial charge in [0.2, 0.25) is 0 Å². The molecule has 0 spiro atoms. The zero-order valence-electron chi connectivity index (χ0n) is 14.7. The van der Waals surface area contributed by atoms with Crippen LogP contribution >= 0.6 is 0 Å². The second kappa shape index (κ2) is 14.9. The Labute approximate surface area is 135 Å². The first-order chi connectivity index (χ1) is 10.6. The highest BCUT2D eigenvalue weighted by Crippen LogP contribution is 2.07. The van der Waals surface area contributed by atoms with Crippen LogP contribution in [0.15, 0.2) is 0 Å². The Morgan fingerprint density at radius 1 is 0.818 bits per heavy atom. The molecule has 22 heavy (non-hydrogen) atoms. The molecule has 0 rings (SSSR count). The predicted octanol–water partition coefficient (Wildman–Crippen LogP) is 4.65. The summed E-state index contributed by atoms with van der Waals surface area (Å²) < 4.78 is 10.3. The second-order valence-electron chi connectivity index (χ2n) is 6.04. The number of ether oxygens (including phenoxy) is 2. The number of unbranched alkanes of at least 4 members (excludes halogenated alkanes) is 5. The molecule has 0 aliphatic heterocycles. The largest absolute Gasteiger partial charge is 0.466 e. The number of rotatable bonds is 14. The fourth-order valence-corrected chi connectivity index (χ4v) is 1.93. The van der Waals surface area contributed by atoms with Crippen LogP contribution in [0.5, 0.6) is 0 Å². The van der Waals surface area contributed by atoms with Crippen molar-refractivity contribution in [2.75, 3.05) is 13.2 Å². The van der Waals surface area contributed by atoms with Crippen molar-refractivity contribution in [3.63, 3.8) is 0 Å². The maximum atomic E-state index is 11.5. The van der Waals surface area contributed by atoms with E-state index in [0.717, 1.165) is 38.5 Å². The highest BCUT2D eigenvalue weighted by atomic mass is 16.5. The summed E-state index contributed by atoms with van der Waals surface area (Å²) >= 11 is 0. The Hall–Kier alpha value is -1.06. The van der Waals surface area contributed by atoms with Gasteiger partial charge in [-0.3, -0.25) is 9.59 Å². The molecule has 0 N–H and O–H groups in total. The minimum atomic E-state index is -0.126. The van der Waals surface area contributed by atoms with Gasteiger partial charge in [0.25, 0.3) is 0 Å². The smallest absolute Gasteiger partial charge is 0.305 e. The van der Waals surface area contributed by atoms with E-state index >= 15 is 0 Å². The fraction of sp³-hybridized carbons (Fsp3) is 0.889. The van der Waals surface area contributed by atoms with E-state index in [2.05, 4.69) is 20.8 Å². The Balaban J connectivity index is 3.37. The van der Waals surface area contributed by atoms with Crippen molar-refractivity contribution in [3.05, 3.63) is 0 Å². The van der Waals surface area contributed by atoms with Crippen molar-refractivity contribution < 1.29 is 19.1 Å². The molecule has 0 bridgehead atoms. The van der Waals surface area contributed by atoms with Crippen molar-refractivity contribution in [2.24, 2.45) is 5.92 Å². The molecule has 0 heterocycles. The van der Waals surface area contributed by atoms with Gasteiger partial charge in [0.15, 0.2) is 0 Å². The van der Waals surface area contributed by atoms with Crippen LogP contribution < -0.4 is 0 Å². The van der Waals surface area contributed by atoms with Crippen LogP contribution in [0, 0.1) is 5.92 Å². The third-order valence-corrected chi connectivity index (χ3v) is 3.75. The highest BCUT2D eigenvalue weighted by Gasteiger charge is 2.07. The van der Waals surface area contributed by atoms with E-state index in [4.69, 9.17) is 9.47 Å². The molecule has 0 aromatic rings. The molecule has 0 aromatic heterocycles. The fourth-order valence-electron chi connectivity index (χ4n) is 1.93. The van der Waals surface area contributed by atoms with Crippen molar-refractivity contribution in [2.45, 2.75) is 85.0 Å². The van der Waals surface area contributed by atoms with Crippen LogP contribution in [0.1, 0.15) is 85.0 Å². The number of carbonyl (C=O) groups is 2. The maximum Gasteiger partial charge on any atom is 0.305 e. The van der Waals surface area contributed by atoms with E-state index in [1.807, 2.05) is 0 Å². The lowest BCUT2D eigenvalue weighted by molar-refractivity contribution is -0.145. The monoisotopic (exact) mass is 314 g/mol. The zero-order valence-corrected chi connectivity index (χ0v) is 14.7. The van der Waals surface area contributed by atoms with Crippen molar-refractivity contribution in [1.82, 2.24) is 0 Å². The van der Waals surface area contributed by atoms with Crippen LogP contribution in [0.4, 0.5) is 0 Å². The normalized spacial score (nSPS) is 12.0. The minimum absolute atomic E-state index is 0.115. The standard InChI is InChI=1S/C18H34O4/c1-4-6-7-11-14-21-17(19)12-9-8-10-13-18(20)22-15-16(3)5-2/h16H,4-15H2,1-3H3. The molecule has 4 nitrogen and oxygen atoms in total. The van der Waals surface area contributed by atoms with Crippen molar-refractivity contribution in [3.8, 4) is 0 Å². The zero-order chi connectivity index (χ0) is 16.6. The molecule has 0 saturated carbocycles. The Bertz CT molecular complexity index is 289. The molecule has 1 atom stereocenters. The minimum Gasteiger partial charge on any atom is -0.466 e. The lowest BCUT2D eigenvalue weighted by Crippen LogP contribution is -2.11. The van der Waals surface area contributed by atoms with E-state index in [1.165, 1.54) is 12.8 Å². The van der Waals surface area contributed by atoms with E-state index in [1.54, 1.807) is 0 Å². The lowest BCUT2D eigenvalue weighted by Gasteiger charge is -2.09. The van der Waals surface area contributed by atoms with Gasteiger partial charge < -0.3 is 9.47 Å².